The molecule has 0 bridgehead atoms. The Bertz CT molecular complexity index is 679. The lowest BCUT2D eigenvalue weighted by atomic mass is 10.2. The number of fused-ring (bicyclic) bond motifs is 2. The first-order valence-corrected chi connectivity index (χ1v) is 6.81. The molecule has 2 aromatic rings. The van der Waals surface area contributed by atoms with Crippen LogP contribution in [0.5, 0.6) is 0 Å². The van der Waals surface area contributed by atoms with E-state index in [-0.39, 0.29) is 5.56 Å². The van der Waals surface area contributed by atoms with E-state index in [1.54, 1.807) is 16.7 Å². The zero-order valence-electron chi connectivity index (χ0n) is 9.75. The van der Waals surface area contributed by atoms with Gasteiger partial charge in [0.05, 0.1) is 15.9 Å². The summed E-state index contributed by atoms with van der Waals surface area (Å²) in [4.78, 5) is 17.0. The fourth-order valence-electron chi connectivity index (χ4n) is 2.46. The summed E-state index contributed by atoms with van der Waals surface area (Å²) in [5, 5.41) is 1.37. The number of nitrogens with zero attached hydrogens (tertiary/aromatic N) is 2. The molecule has 0 fully saturated rings. The number of aromatic nitrogens is 2. The van der Waals surface area contributed by atoms with E-state index in [1.165, 1.54) is 0 Å². The van der Waals surface area contributed by atoms with Crippen LogP contribution in [-0.4, -0.2) is 9.55 Å². The van der Waals surface area contributed by atoms with Gasteiger partial charge in [-0.25, -0.2) is 4.98 Å². The van der Waals surface area contributed by atoms with Gasteiger partial charge in [-0.1, -0.05) is 29.6 Å². The van der Waals surface area contributed by atoms with E-state index in [9.17, 15) is 4.79 Å². The average molecular weight is 285 g/mol. The van der Waals surface area contributed by atoms with Crippen molar-refractivity contribution in [1.29, 1.82) is 0 Å². The van der Waals surface area contributed by atoms with Gasteiger partial charge in [0.2, 0.25) is 0 Å². The summed E-state index contributed by atoms with van der Waals surface area (Å²) in [5.74, 6) is 0.850. The average Bonchev–Trinajstić information content (AvgIpc) is 2.53. The molecule has 1 aromatic heterocycles. The Kier molecular flexibility index (Phi) is 3.04. The zero-order chi connectivity index (χ0) is 12.7. The third kappa shape index (κ3) is 1.91. The molecule has 0 saturated carbocycles. The van der Waals surface area contributed by atoms with Crippen LogP contribution in [-0.2, 0) is 13.0 Å². The molecule has 94 valence electrons. The van der Waals surface area contributed by atoms with Gasteiger partial charge in [0.25, 0.3) is 5.56 Å². The molecular weight excluding hydrogens is 273 g/mol. The highest BCUT2D eigenvalue weighted by molar-refractivity contribution is 6.38. The van der Waals surface area contributed by atoms with Crippen molar-refractivity contribution in [2.24, 2.45) is 0 Å². The first-order valence-electron chi connectivity index (χ1n) is 6.05. The fourth-order valence-corrected chi connectivity index (χ4v) is 3.03. The van der Waals surface area contributed by atoms with Gasteiger partial charge in [-0.2, -0.15) is 0 Å². The lowest BCUT2D eigenvalue weighted by molar-refractivity contribution is 0.614. The molecule has 0 radical (unpaired) electrons. The SMILES string of the molecule is O=[14c]1c2c(Cl)cc(Cl)cc2nc2n1CCCCC2. The number of benzene rings is 1. The van der Waals surface area contributed by atoms with E-state index in [2.05, 4.69) is 4.98 Å². The van der Waals surface area contributed by atoms with Crippen LogP contribution in [0.4, 0.5) is 0 Å². The molecule has 0 aliphatic carbocycles. The van der Waals surface area contributed by atoms with Gasteiger partial charge in [0.15, 0.2) is 0 Å². The van der Waals surface area contributed by atoms with Gasteiger partial charge < -0.3 is 0 Å². The van der Waals surface area contributed by atoms with Crippen LogP contribution in [0.2, 0.25) is 10.0 Å². The van der Waals surface area contributed by atoms with Gasteiger partial charge in [0, 0.05) is 18.0 Å². The number of hydrogen-bond donors (Lipinski definition) is 0. The Hall–Kier alpha value is -1.06. The predicted octanol–water partition coefficient (Wildman–Crippen LogP) is 3.43. The maximum absolute atomic E-state index is 12.5. The van der Waals surface area contributed by atoms with E-state index in [1.807, 2.05) is 0 Å². The number of rotatable bonds is 0. The normalized spacial score (nSPS) is 15.4. The Morgan fingerprint density at radius 3 is 2.89 bits per heavy atom. The van der Waals surface area contributed by atoms with Crippen LogP contribution < -0.4 is 5.56 Å². The van der Waals surface area contributed by atoms with Crippen LogP contribution in [0.15, 0.2) is 16.9 Å². The van der Waals surface area contributed by atoms with Crippen LogP contribution >= 0.6 is 23.2 Å². The lowest BCUT2D eigenvalue weighted by Gasteiger charge is -2.10. The second-order valence-corrected chi connectivity index (χ2v) is 5.42. The van der Waals surface area contributed by atoms with Gasteiger partial charge in [-0.15, -0.1) is 0 Å². The number of hydrogen-bond acceptors (Lipinski definition) is 2. The van der Waals surface area contributed by atoms with Gasteiger partial charge in [-0.05, 0) is 25.0 Å². The van der Waals surface area contributed by atoms with Crippen molar-refractivity contribution in [3.05, 3.63) is 38.4 Å². The summed E-state index contributed by atoms with van der Waals surface area (Å²) in [6.07, 6.45) is 4.07. The van der Waals surface area contributed by atoms with Crippen molar-refractivity contribution in [3.8, 4) is 0 Å². The second-order valence-electron chi connectivity index (χ2n) is 4.58. The van der Waals surface area contributed by atoms with Crippen molar-refractivity contribution in [2.45, 2.75) is 32.2 Å². The molecule has 18 heavy (non-hydrogen) atoms. The summed E-state index contributed by atoms with van der Waals surface area (Å²) in [6.45, 7) is 0.732. The molecule has 1 aliphatic heterocycles. The maximum atomic E-state index is 12.5. The minimum absolute atomic E-state index is 0.0430. The first-order chi connectivity index (χ1) is 8.66. The summed E-state index contributed by atoms with van der Waals surface area (Å²) < 4.78 is 1.76. The van der Waals surface area contributed by atoms with Crippen molar-refractivity contribution in [2.75, 3.05) is 0 Å². The van der Waals surface area contributed by atoms with Crippen LogP contribution in [0, 0.1) is 0 Å². The molecular formula is C13H12Cl2N2O. The molecule has 0 amide bonds. The van der Waals surface area contributed by atoms with Gasteiger partial charge in [0.1, 0.15) is 5.82 Å². The molecule has 5 heteroatoms. The molecule has 1 aliphatic rings. The highest BCUT2D eigenvalue weighted by Gasteiger charge is 2.15. The lowest BCUT2D eigenvalue weighted by Crippen LogP contribution is -2.24. The quantitative estimate of drug-likeness (QED) is 0.743. The Morgan fingerprint density at radius 1 is 1.22 bits per heavy atom. The summed E-state index contributed by atoms with van der Waals surface area (Å²) in [6, 6.07) is 3.30. The smallest absolute Gasteiger partial charge is 0.262 e. The van der Waals surface area contributed by atoms with Crippen molar-refractivity contribution in [3.63, 3.8) is 0 Å². The molecule has 3 rings (SSSR count). The topological polar surface area (TPSA) is 34.9 Å². The standard InChI is InChI=1S/C13H12Cl2N2O/c14-8-6-9(15)12-10(7-8)16-11-4-2-1-3-5-17(11)13(12)18/h6-7H,1-5H2/i13+2. The fraction of sp³-hybridized carbons (Fsp3) is 0.385. The molecule has 0 saturated heterocycles. The monoisotopic (exact) mass is 284 g/mol. The predicted molar refractivity (Wildman–Crippen MR) is 73.6 cm³/mol. The number of halogens is 2. The largest absolute Gasteiger partial charge is 0.296 e. The number of aryl methyl sites for hydroxylation is 1. The van der Waals surface area contributed by atoms with Crippen molar-refractivity contribution < 1.29 is 0 Å². The molecule has 3 nitrogen and oxygen atoms in total. The molecule has 1 aromatic carbocycles. The summed E-state index contributed by atoms with van der Waals surface area (Å²) in [5.41, 5.74) is 0.559. The second kappa shape index (κ2) is 4.56. The summed E-state index contributed by atoms with van der Waals surface area (Å²) in [7, 11) is 0. The Balaban J connectivity index is 2.38. The van der Waals surface area contributed by atoms with Crippen molar-refractivity contribution >= 4 is 34.1 Å². The third-order valence-corrected chi connectivity index (χ3v) is 3.85. The Morgan fingerprint density at radius 2 is 2.06 bits per heavy atom. The summed E-state index contributed by atoms with van der Waals surface area (Å²) >= 11 is 12.1. The maximum Gasteiger partial charge on any atom is 0.262 e. The zero-order valence-corrected chi connectivity index (χ0v) is 11.3. The van der Waals surface area contributed by atoms with E-state index >= 15 is 0 Å². The molecule has 2 heterocycles. The Labute approximate surface area is 114 Å². The van der Waals surface area contributed by atoms with Gasteiger partial charge >= 0.3 is 0 Å². The molecule has 0 atom stereocenters. The molecule has 0 N–H and O–H groups in total. The van der Waals surface area contributed by atoms with Crippen LogP contribution in [0.1, 0.15) is 25.1 Å². The van der Waals surface area contributed by atoms with Crippen LogP contribution in [0.3, 0.4) is 0 Å². The van der Waals surface area contributed by atoms with E-state index in [0.717, 1.165) is 38.1 Å². The minimum Gasteiger partial charge on any atom is -0.296 e. The first kappa shape index (κ1) is 12.0. The highest BCUT2D eigenvalue weighted by Crippen LogP contribution is 2.25. The van der Waals surface area contributed by atoms with E-state index < -0.39 is 0 Å². The van der Waals surface area contributed by atoms with Crippen LogP contribution in [0.25, 0.3) is 10.9 Å². The minimum atomic E-state index is -0.0430. The highest BCUT2D eigenvalue weighted by atomic mass is 35.5. The molecule has 0 spiro atoms. The van der Waals surface area contributed by atoms with E-state index in [4.69, 9.17) is 23.2 Å². The van der Waals surface area contributed by atoms with E-state index in [0.29, 0.717) is 20.9 Å². The third-order valence-electron chi connectivity index (χ3n) is 3.34. The molecule has 0 unspecified atom stereocenters. The van der Waals surface area contributed by atoms with Gasteiger partial charge in [-0.3, -0.25) is 9.36 Å². The van der Waals surface area contributed by atoms with Crippen molar-refractivity contribution in [1.82, 2.24) is 9.55 Å².